The average Bonchev–Trinajstić information content (AvgIpc) is 2.95. The van der Waals surface area contributed by atoms with Crippen LogP contribution in [0.5, 0.6) is 0 Å². The number of benzene rings is 2. The summed E-state index contributed by atoms with van der Waals surface area (Å²) >= 11 is 0. The summed E-state index contributed by atoms with van der Waals surface area (Å²) in [5.74, 6) is -0.912. The fraction of sp³-hybridized carbons (Fsp3) is 0.238. The third-order valence-electron chi connectivity index (χ3n) is 4.41. The molecule has 1 aromatic heterocycles. The number of rotatable bonds is 4. The zero-order chi connectivity index (χ0) is 18.8. The third kappa shape index (κ3) is 3.33. The molecule has 1 atom stereocenters. The minimum atomic E-state index is -0.950. The number of ether oxygens (including phenoxy) is 1. The van der Waals surface area contributed by atoms with Crippen molar-refractivity contribution in [3.8, 4) is 0 Å². The minimum absolute atomic E-state index is 0.123. The van der Waals surface area contributed by atoms with Crippen LogP contribution in [0, 0.1) is 20.8 Å². The monoisotopic (exact) mass is 351 g/mol. The molecule has 1 N–H and O–H groups in total. The van der Waals surface area contributed by atoms with Crippen molar-refractivity contribution in [1.82, 2.24) is 0 Å². The Bertz CT molecular complexity index is 967. The Hall–Kier alpha value is -3.08. The number of para-hydroxylation sites is 2. The van der Waals surface area contributed by atoms with Gasteiger partial charge in [-0.25, -0.2) is 4.79 Å². The number of furan rings is 1. The van der Waals surface area contributed by atoms with E-state index >= 15 is 0 Å². The molecule has 1 amide bonds. The van der Waals surface area contributed by atoms with E-state index in [-0.39, 0.29) is 11.7 Å². The molecule has 0 unspecified atom stereocenters. The number of carbonyl (C=O) groups excluding carboxylic acids is 2. The van der Waals surface area contributed by atoms with Gasteiger partial charge in [-0.3, -0.25) is 4.79 Å². The van der Waals surface area contributed by atoms with E-state index < -0.39 is 12.1 Å². The van der Waals surface area contributed by atoms with Gasteiger partial charge >= 0.3 is 5.97 Å². The molecule has 5 heteroatoms. The second kappa shape index (κ2) is 7.04. The maximum atomic E-state index is 12.4. The van der Waals surface area contributed by atoms with Crippen molar-refractivity contribution in [3.05, 3.63) is 64.9 Å². The van der Waals surface area contributed by atoms with Gasteiger partial charge in [-0.15, -0.1) is 0 Å². The fourth-order valence-electron chi connectivity index (χ4n) is 2.87. The van der Waals surface area contributed by atoms with Crippen molar-refractivity contribution < 1.29 is 18.7 Å². The fourth-order valence-corrected chi connectivity index (χ4v) is 2.87. The van der Waals surface area contributed by atoms with Gasteiger partial charge < -0.3 is 14.5 Å². The molecule has 134 valence electrons. The zero-order valence-corrected chi connectivity index (χ0v) is 15.3. The molecule has 5 nitrogen and oxygen atoms in total. The number of amides is 1. The highest BCUT2D eigenvalue weighted by Gasteiger charge is 2.24. The summed E-state index contributed by atoms with van der Waals surface area (Å²) in [5, 5.41) is 3.68. The van der Waals surface area contributed by atoms with Gasteiger partial charge in [0.2, 0.25) is 5.76 Å². The lowest BCUT2D eigenvalue weighted by atomic mass is 10.1. The number of anilines is 1. The first-order valence-electron chi connectivity index (χ1n) is 8.44. The van der Waals surface area contributed by atoms with Crippen LogP contribution in [0.4, 0.5) is 5.69 Å². The zero-order valence-electron chi connectivity index (χ0n) is 15.3. The van der Waals surface area contributed by atoms with Crippen LogP contribution in [0.15, 0.2) is 46.9 Å². The highest BCUT2D eigenvalue weighted by molar-refractivity contribution is 5.99. The first kappa shape index (κ1) is 17.7. The van der Waals surface area contributed by atoms with Crippen LogP contribution < -0.4 is 5.32 Å². The van der Waals surface area contributed by atoms with Crippen molar-refractivity contribution in [2.75, 3.05) is 5.32 Å². The van der Waals surface area contributed by atoms with E-state index in [0.717, 1.165) is 22.2 Å². The standard InChI is InChI=1S/C21H21NO4/c1-12-8-7-9-13(2)18(12)22-20(23)15(4)25-21(24)19-14(3)16-10-5-6-11-17(16)26-19/h5-11,15H,1-4H3,(H,22,23)/t15-/m0/s1. The van der Waals surface area contributed by atoms with Gasteiger partial charge in [-0.2, -0.15) is 0 Å². The first-order chi connectivity index (χ1) is 12.4. The number of carbonyl (C=O) groups is 2. The van der Waals surface area contributed by atoms with E-state index in [1.807, 2.05) is 50.2 Å². The smallest absolute Gasteiger partial charge is 0.375 e. The Balaban J connectivity index is 1.74. The number of nitrogens with one attached hydrogen (secondary N) is 1. The quantitative estimate of drug-likeness (QED) is 0.701. The van der Waals surface area contributed by atoms with E-state index in [4.69, 9.17) is 9.15 Å². The molecule has 0 spiro atoms. The van der Waals surface area contributed by atoms with Crippen LogP contribution >= 0.6 is 0 Å². The van der Waals surface area contributed by atoms with Crippen LogP contribution in [-0.2, 0) is 9.53 Å². The molecule has 3 rings (SSSR count). The van der Waals surface area contributed by atoms with Crippen LogP contribution in [0.25, 0.3) is 11.0 Å². The number of hydrogen-bond donors (Lipinski definition) is 1. The first-order valence-corrected chi connectivity index (χ1v) is 8.44. The van der Waals surface area contributed by atoms with Crippen LogP contribution in [0.1, 0.15) is 34.2 Å². The third-order valence-corrected chi connectivity index (χ3v) is 4.41. The summed E-state index contributed by atoms with van der Waals surface area (Å²) in [4.78, 5) is 24.9. The molecule has 3 aromatic rings. The Morgan fingerprint density at radius 1 is 1.00 bits per heavy atom. The molecule has 0 bridgehead atoms. The SMILES string of the molecule is Cc1cccc(C)c1NC(=O)[C@H](C)OC(=O)c1oc2ccccc2c1C. The summed E-state index contributed by atoms with van der Waals surface area (Å²) < 4.78 is 10.9. The normalized spacial score (nSPS) is 12.0. The van der Waals surface area contributed by atoms with E-state index in [1.54, 1.807) is 19.9 Å². The summed E-state index contributed by atoms with van der Waals surface area (Å²) in [6.45, 7) is 7.16. The van der Waals surface area contributed by atoms with E-state index in [0.29, 0.717) is 11.1 Å². The Morgan fingerprint density at radius 2 is 1.65 bits per heavy atom. The molecule has 0 aliphatic rings. The molecule has 0 radical (unpaired) electrons. The van der Waals surface area contributed by atoms with Gasteiger partial charge in [0.25, 0.3) is 5.91 Å². The minimum Gasteiger partial charge on any atom is -0.449 e. The number of esters is 1. The average molecular weight is 351 g/mol. The molecule has 26 heavy (non-hydrogen) atoms. The number of fused-ring (bicyclic) bond motifs is 1. The maximum Gasteiger partial charge on any atom is 0.375 e. The van der Waals surface area contributed by atoms with Gasteiger partial charge in [0.05, 0.1) is 0 Å². The number of aryl methyl sites for hydroxylation is 3. The lowest BCUT2D eigenvalue weighted by molar-refractivity contribution is -0.123. The lowest BCUT2D eigenvalue weighted by Crippen LogP contribution is -2.30. The molecule has 0 saturated heterocycles. The summed E-state index contributed by atoms with van der Waals surface area (Å²) in [7, 11) is 0. The van der Waals surface area contributed by atoms with Crippen LogP contribution in [0.3, 0.4) is 0 Å². The van der Waals surface area contributed by atoms with Gasteiger partial charge in [0.15, 0.2) is 6.10 Å². The van der Waals surface area contributed by atoms with E-state index in [1.165, 1.54) is 0 Å². The molecule has 0 aliphatic carbocycles. The van der Waals surface area contributed by atoms with Gasteiger partial charge in [-0.1, -0.05) is 36.4 Å². The van der Waals surface area contributed by atoms with Crippen molar-refractivity contribution >= 4 is 28.5 Å². The molecular weight excluding hydrogens is 330 g/mol. The van der Waals surface area contributed by atoms with Crippen molar-refractivity contribution in [2.45, 2.75) is 33.8 Å². The predicted octanol–water partition coefficient (Wildman–Crippen LogP) is 4.54. The van der Waals surface area contributed by atoms with Gasteiger partial charge in [-0.05, 0) is 44.9 Å². The molecule has 0 fully saturated rings. The van der Waals surface area contributed by atoms with Gasteiger partial charge in [0, 0.05) is 16.6 Å². The van der Waals surface area contributed by atoms with Crippen molar-refractivity contribution in [3.63, 3.8) is 0 Å². The molecule has 0 saturated carbocycles. The van der Waals surface area contributed by atoms with Crippen LogP contribution in [-0.4, -0.2) is 18.0 Å². The summed E-state index contributed by atoms with van der Waals surface area (Å²) in [6, 6.07) is 13.1. The van der Waals surface area contributed by atoms with Crippen molar-refractivity contribution in [2.24, 2.45) is 0 Å². The van der Waals surface area contributed by atoms with E-state index in [9.17, 15) is 9.59 Å². The molecule has 1 heterocycles. The lowest BCUT2D eigenvalue weighted by Gasteiger charge is -2.15. The summed E-state index contributed by atoms with van der Waals surface area (Å²) in [6.07, 6.45) is -0.950. The molecule has 0 aliphatic heterocycles. The highest BCUT2D eigenvalue weighted by Crippen LogP contribution is 2.26. The van der Waals surface area contributed by atoms with Gasteiger partial charge in [0.1, 0.15) is 5.58 Å². The second-order valence-electron chi connectivity index (χ2n) is 6.36. The second-order valence-corrected chi connectivity index (χ2v) is 6.36. The summed E-state index contributed by atoms with van der Waals surface area (Å²) in [5.41, 5.74) is 3.95. The highest BCUT2D eigenvalue weighted by atomic mass is 16.6. The van der Waals surface area contributed by atoms with Crippen molar-refractivity contribution in [1.29, 1.82) is 0 Å². The Kier molecular flexibility index (Phi) is 4.80. The molecular formula is C21H21NO4. The predicted molar refractivity (Wildman–Crippen MR) is 100 cm³/mol. The van der Waals surface area contributed by atoms with Crippen LogP contribution in [0.2, 0.25) is 0 Å². The maximum absolute atomic E-state index is 12.4. The Morgan fingerprint density at radius 3 is 2.31 bits per heavy atom. The van der Waals surface area contributed by atoms with E-state index in [2.05, 4.69) is 5.32 Å². The molecule has 2 aromatic carbocycles. The Labute approximate surface area is 152 Å². The largest absolute Gasteiger partial charge is 0.449 e. The number of hydrogen-bond acceptors (Lipinski definition) is 4. The topological polar surface area (TPSA) is 68.5 Å².